The molecule has 0 unspecified atom stereocenters. The minimum Gasteiger partial charge on any atom is -0.434 e. The van der Waals surface area contributed by atoms with Crippen LogP contribution in [-0.2, 0) is 11.3 Å². The summed E-state index contributed by atoms with van der Waals surface area (Å²) in [7, 11) is 0. The van der Waals surface area contributed by atoms with Crippen LogP contribution in [0.2, 0.25) is 0 Å². The van der Waals surface area contributed by atoms with Gasteiger partial charge in [0.15, 0.2) is 5.65 Å². The van der Waals surface area contributed by atoms with Crippen molar-refractivity contribution in [2.75, 3.05) is 37.8 Å². The van der Waals surface area contributed by atoms with Gasteiger partial charge in [0, 0.05) is 61.3 Å². The average molecular weight is 622 g/mol. The van der Waals surface area contributed by atoms with Gasteiger partial charge in [0.2, 0.25) is 5.91 Å². The monoisotopic (exact) mass is 621 g/mol. The van der Waals surface area contributed by atoms with Crippen molar-refractivity contribution in [3.63, 3.8) is 0 Å². The third kappa shape index (κ3) is 6.08. The lowest BCUT2D eigenvalue weighted by Crippen LogP contribution is -2.55. The maximum Gasteiger partial charge on any atom is 0.387 e. The predicted molar refractivity (Wildman–Crippen MR) is 157 cm³/mol. The van der Waals surface area contributed by atoms with Crippen molar-refractivity contribution in [3.8, 4) is 23.1 Å². The number of carbonyl (C=O) groups excluding carboxylic acids is 2. The maximum absolute atomic E-state index is 13.4. The van der Waals surface area contributed by atoms with Crippen molar-refractivity contribution in [1.29, 1.82) is 5.26 Å². The fourth-order valence-corrected chi connectivity index (χ4v) is 6.04. The summed E-state index contributed by atoms with van der Waals surface area (Å²) in [6, 6.07) is 9.07. The molecule has 5 heterocycles. The molecule has 0 spiro atoms. The molecule has 1 N–H and O–H groups in total. The molecule has 6 rings (SSSR count). The van der Waals surface area contributed by atoms with Crippen LogP contribution < -0.4 is 10.1 Å². The molecule has 4 aromatic rings. The third-order valence-electron chi connectivity index (χ3n) is 7.91. The number of amides is 2. The van der Waals surface area contributed by atoms with Gasteiger partial charge >= 0.3 is 6.61 Å². The molecule has 0 atom stereocenters. The summed E-state index contributed by atoms with van der Waals surface area (Å²) in [6.45, 7) is -0.470. The van der Waals surface area contributed by atoms with E-state index in [0.717, 1.165) is 30.8 Å². The van der Waals surface area contributed by atoms with Gasteiger partial charge in [-0.05, 0) is 43.4 Å². The second-order valence-corrected chi connectivity index (χ2v) is 11.5. The Morgan fingerprint density at radius 2 is 2.05 bits per heavy atom. The number of rotatable bonds is 9. The number of aromatic nitrogens is 5. The average Bonchev–Trinajstić information content (AvgIpc) is 3.61. The number of anilines is 1. The minimum absolute atomic E-state index is 0.0886. The molecule has 2 aliphatic rings. The van der Waals surface area contributed by atoms with E-state index in [1.165, 1.54) is 39.4 Å². The van der Waals surface area contributed by atoms with Gasteiger partial charge < -0.3 is 15.0 Å². The van der Waals surface area contributed by atoms with E-state index in [-0.39, 0.29) is 46.6 Å². The summed E-state index contributed by atoms with van der Waals surface area (Å²) in [5.74, 6) is -0.711. The summed E-state index contributed by atoms with van der Waals surface area (Å²) in [5, 5.41) is 20.6. The van der Waals surface area contributed by atoms with Crippen LogP contribution in [0.15, 0.2) is 53.9 Å². The highest BCUT2D eigenvalue weighted by molar-refractivity contribution is 7.98. The molecule has 12 nitrogen and oxygen atoms in total. The molecule has 2 saturated heterocycles. The van der Waals surface area contributed by atoms with Gasteiger partial charge in [-0.25, -0.2) is 9.50 Å². The van der Waals surface area contributed by atoms with Crippen molar-refractivity contribution in [2.45, 2.75) is 36.9 Å². The molecule has 3 aromatic heterocycles. The number of nitriles is 1. The first-order valence-electron chi connectivity index (χ1n) is 14.0. The standard InChI is InChI=1S/C29H29F2N9O3S/c1-44-20-3-4-24(43-29(30)31)21(11-20)26-23(35-28(42)22-13-34-40-8-2-7-33-27(22)40)16-39(36-26)17-25(41)37-9-5-19(6-10-37)38-14-18(12-32)15-38/h2-4,7-8,11,13,16,18-19,29H,5-6,9-10,14-15,17H2,1H3,(H,35,42). The Hall–Kier alpha value is -4.55. The summed E-state index contributed by atoms with van der Waals surface area (Å²) in [5.41, 5.74) is 1.16. The number of fused-ring (bicyclic) bond motifs is 1. The minimum atomic E-state index is -3.08. The second-order valence-electron chi connectivity index (χ2n) is 10.6. The number of piperidine rings is 1. The highest BCUT2D eigenvalue weighted by atomic mass is 32.2. The van der Waals surface area contributed by atoms with E-state index in [0.29, 0.717) is 24.8 Å². The van der Waals surface area contributed by atoms with Crippen LogP contribution in [-0.4, -0.2) is 91.1 Å². The van der Waals surface area contributed by atoms with Crippen LogP contribution in [0, 0.1) is 17.2 Å². The Bertz CT molecular complexity index is 1720. The number of ether oxygens (including phenoxy) is 1. The van der Waals surface area contributed by atoms with E-state index in [1.807, 2.05) is 6.26 Å². The number of hydrogen-bond donors (Lipinski definition) is 1. The van der Waals surface area contributed by atoms with Crippen LogP contribution in [0.4, 0.5) is 14.5 Å². The van der Waals surface area contributed by atoms with Crippen LogP contribution in [0.3, 0.4) is 0 Å². The predicted octanol–water partition coefficient (Wildman–Crippen LogP) is 3.61. The fraction of sp³-hybridized carbons (Fsp3) is 0.379. The van der Waals surface area contributed by atoms with E-state index in [9.17, 15) is 18.4 Å². The van der Waals surface area contributed by atoms with Gasteiger partial charge in [-0.15, -0.1) is 11.8 Å². The zero-order valence-electron chi connectivity index (χ0n) is 23.8. The summed E-state index contributed by atoms with van der Waals surface area (Å²) in [6.07, 6.45) is 9.58. The first-order valence-corrected chi connectivity index (χ1v) is 15.3. The van der Waals surface area contributed by atoms with E-state index >= 15 is 0 Å². The Balaban J connectivity index is 1.26. The van der Waals surface area contributed by atoms with Gasteiger partial charge in [-0.1, -0.05) is 0 Å². The van der Waals surface area contributed by atoms with Gasteiger partial charge in [0.1, 0.15) is 23.6 Å². The smallest absolute Gasteiger partial charge is 0.387 e. The molecule has 2 fully saturated rings. The van der Waals surface area contributed by atoms with Gasteiger partial charge in [0.05, 0.1) is 23.9 Å². The van der Waals surface area contributed by atoms with Crippen LogP contribution in [0.1, 0.15) is 23.2 Å². The van der Waals surface area contributed by atoms with Gasteiger partial charge in [-0.2, -0.15) is 24.2 Å². The van der Waals surface area contributed by atoms with E-state index in [1.54, 1.807) is 35.5 Å². The lowest BCUT2D eigenvalue weighted by Gasteiger charge is -2.45. The Kier molecular flexibility index (Phi) is 8.45. The molecule has 15 heteroatoms. The molecular weight excluding hydrogens is 592 g/mol. The number of carbonyl (C=O) groups is 2. The third-order valence-corrected chi connectivity index (χ3v) is 8.64. The zero-order valence-corrected chi connectivity index (χ0v) is 24.6. The van der Waals surface area contributed by atoms with Gasteiger partial charge in [0.25, 0.3) is 5.91 Å². The first-order chi connectivity index (χ1) is 21.3. The number of hydrogen-bond acceptors (Lipinski definition) is 9. The van der Waals surface area contributed by atoms with Crippen LogP contribution in [0.25, 0.3) is 16.9 Å². The van der Waals surface area contributed by atoms with Crippen LogP contribution >= 0.6 is 11.8 Å². The van der Waals surface area contributed by atoms with E-state index in [2.05, 4.69) is 31.5 Å². The molecule has 0 radical (unpaired) electrons. The Labute approximate surface area is 255 Å². The molecule has 1 aromatic carbocycles. The number of nitrogens with zero attached hydrogens (tertiary/aromatic N) is 8. The SMILES string of the molecule is CSc1ccc(OC(F)F)c(-c2nn(CC(=O)N3CCC(N4CC(C#N)C4)CC3)cc2NC(=O)c2cnn3cccnc23)c1. The molecule has 0 saturated carbocycles. The molecule has 2 aliphatic heterocycles. The number of thioether (sulfide) groups is 1. The lowest BCUT2D eigenvalue weighted by atomic mass is 9.94. The Morgan fingerprint density at radius 3 is 2.77 bits per heavy atom. The van der Waals surface area contributed by atoms with Crippen LogP contribution in [0.5, 0.6) is 5.75 Å². The van der Waals surface area contributed by atoms with E-state index < -0.39 is 12.5 Å². The molecule has 2 amide bonds. The fourth-order valence-electron chi connectivity index (χ4n) is 5.60. The van der Waals surface area contributed by atoms with Crippen molar-refractivity contribution < 1.29 is 23.1 Å². The maximum atomic E-state index is 13.4. The summed E-state index contributed by atoms with van der Waals surface area (Å²) >= 11 is 1.41. The molecular formula is C29H29F2N9O3S. The zero-order chi connectivity index (χ0) is 30.8. The highest BCUT2D eigenvalue weighted by Gasteiger charge is 2.35. The largest absolute Gasteiger partial charge is 0.434 e. The van der Waals surface area contributed by atoms with Crippen molar-refractivity contribution >= 4 is 34.9 Å². The highest BCUT2D eigenvalue weighted by Crippen LogP contribution is 2.38. The number of nitrogens with one attached hydrogen (secondary N) is 1. The molecule has 0 bridgehead atoms. The van der Waals surface area contributed by atoms with Gasteiger partial charge in [-0.3, -0.25) is 19.2 Å². The topological polar surface area (TPSA) is 134 Å². The lowest BCUT2D eigenvalue weighted by molar-refractivity contribution is -0.134. The number of alkyl halides is 2. The van der Waals surface area contributed by atoms with Crippen molar-refractivity contribution in [2.24, 2.45) is 5.92 Å². The second kappa shape index (κ2) is 12.6. The van der Waals surface area contributed by atoms with Crippen molar-refractivity contribution in [3.05, 3.63) is 54.6 Å². The summed E-state index contributed by atoms with van der Waals surface area (Å²) in [4.78, 5) is 35.8. The van der Waals surface area contributed by atoms with E-state index in [4.69, 9.17) is 10.00 Å². The number of likely N-dealkylation sites (tertiary alicyclic amines) is 2. The number of halogens is 2. The first kappa shape index (κ1) is 29.5. The molecule has 44 heavy (non-hydrogen) atoms. The molecule has 0 aliphatic carbocycles. The molecule has 228 valence electrons. The quantitative estimate of drug-likeness (QED) is 0.278. The summed E-state index contributed by atoms with van der Waals surface area (Å²) < 4.78 is 34.4. The Morgan fingerprint density at radius 1 is 1.25 bits per heavy atom. The van der Waals surface area contributed by atoms with Crippen molar-refractivity contribution in [1.82, 2.24) is 34.2 Å². The normalized spacial score (nSPS) is 16.2. The number of benzene rings is 1.